The number of benzene rings is 2. The van der Waals surface area contributed by atoms with Gasteiger partial charge in [-0.1, -0.05) is 30.3 Å². The molecule has 5 heteroatoms. The van der Waals surface area contributed by atoms with E-state index in [1.54, 1.807) is 36.4 Å². The van der Waals surface area contributed by atoms with Crippen molar-refractivity contribution in [1.82, 2.24) is 0 Å². The first-order chi connectivity index (χ1) is 9.59. The summed E-state index contributed by atoms with van der Waals surface area (Å²) in [6.45, 7) is -0.603. The number of anilines is 1. The van der Waals surface area contributed by atoms with Gasteiger partial charge < -0.3 is 5.11 Å². The number of nitrogens with zero attached hydrogens (tertiary/aromatic N) is 1. The quantitative estimate of drug-likeness (QED) is 0.931. The van der Waals surface area contributed by atoms with E-state index in [0.29, 0.717) is 5.56 Å². The Kier molecular flexibility index (Phi) is 4.10. The normalized spacial score (nSPS) is 10.1. The molecule has 4 nitrogen and oxygen atoms in total. The number of carboxylic acid groups (broad SMARTS) is 1. The third-order valence-corrected chi connectivity index (χ3v) is 2.70. The predicted octanol–water partition coefficient (Wildman–Crippen LogP) is 2.56. The van der Waals surface area contributed by atoms with E-state index in [1.165, 1.54) is 18.2 Å². The first-order valence-electron chi connectivity index (χ1n) is 5.93. The van der Waals surface area contributed by atoms with Crippen molar-refractivity contribution in [2.45, 2.75) is 0 Å². The standard InChI is InChI=1S/C15H12FNO3/c16-12-8-4-5-9-13(12)17(10-14(18)19)15(20)11-6-2-1-3-7-11/h1-9H,10H2,(H,18,19). The van der Waals surface area contributed by atoms with E-state index >= 15 is 0 Å². The number of para-hydroxylation sites is 1. The van der Waals surface area contributed by atoms with Gasteiger partial charge in [-0.05, 0) is 24.3 Å². The van der Waals surface area contributed by atoms with Crippen LogP contribution in [0.5, 0.6) is 0 Å². The molecule has 102 valence electrons. The van der Waals surface area contributed by atoms with Crippen molar-refractivity contribution in [3.05, 3.63) is 66.0 Å². The zero-order valence-corrected chi connectivity index (χ0v) is 10.5. The Hall–Kier alpha value is -2.69. The van der Waals surface area contributed by atoms with Gasteiger partial charge in [-0.15, -0.1) is 0 Å². The lowest BCUT2D eigenvalue weighted by atomic mass is 10.1. The summed E-state index contributed by atoms with van der Waals surface area (Å²) >= 11 is 0. The van der Waals surface area contributed by atoms with Crippen molar-refractivity contribution in [2.24, 2.45) is 0 Å². The Morgan fingerprint density at radius 2 is 1.60 bits per heavy atom. The maximum atomic E-state index is 13.8. The van der Waals surface area contributed by atoms with Gasteiger partial charge in [0.2, 0.25) is 0 Å². The largest absolute Gasteiger partial charge is 0.480 e. The van der Waals surface area contributed by atoms with Crippen molar-refractivity contribution < 1.29 is 19.1 Å². The molecule has 2 aromatic carbocycles. The molecule has 0 spiro atoms. The van der Waals surface area contributed by atoms with E-state index in [9.17, 15) is 14.0 Å². The van der Waals surface area contributed by atoms with Gasteiger partial charge in [-0.25, -0.2) is 4.39 Å². The number of rotatable bonds is 4. The zero-order valence-electron chi connectivity index (χ0n) is 10.5. The average Bonchev–Trinajstić information content (AvgIpc) is 2.46. The summed E-state index contributed by atoms with van der Waals surface area (Å²) in [7, 11) is 0. The van der Waals surface area contributed by atoms with E-state index in [1.807, 2.05) is 0 Å². The summed E-state index contributed by atoms with van der Waals surface area (Å²) in [6.07, 6.45) is 0. The number of amides is 1. The van der Waals surface area contributed by atoms with Crippen LogP contribution >= 0.6 is 0 Å². The summed E-state index contributed by atoms with van der Waals surface area (Å²) in [5.74, 6) is -2.41. The second-order valence-electron chi connectivity index (χ2n) is 4.10. The number of halogens is 1. The van der Waals surface area contributed by atoms with Gasteiger partial charge in [0, 0.05) is 5.56 Å². The average molecular weight is 273 g/mol. The van der Waals surface area contributed by atoms with Crippen LogP contribution in [-0.4, -0.2) is 23.5 Å². The molecule has 20 heavy (non-hydrogen) atoms. The van der Waals surface area contributed by atoms with E-state index in [4.69, 9.17) is 5.11 Å². The van der Waals surface area contributed by atoms with Crippen LogP contribution in [0.15, 0.2) is 54.6 Å². The summed E-state index contributed by atoms with van der Waals surface area (Å²) in [5.41, 5.74) is 0.251. The van der Waals surface area contributed by atoms with Gasteiger partial charge in [-0.2, -0.15) is 0 Å². The van der Waals surface area contributed by atoms with Crippen molar-refractivity contribution in [3.8, 4) is 0 Å². The number of carboxylic acids is 1. The molecule has 0 radical (unpaired) electrons. The van der Waals surface area contributed by atoms with Gasteiger partial charge in [0.05, 0.1) is 5.69 Å². The van der Waals surface area contributed by atoms with Crippen LogP contribution in [0.2, 0.25) is 0 Å². The Bertz CT molecular complexity index is 628. The Morgan fingerprint density at radius 3 is 2.20 bits per heavy atom. The highest BCUT2D eigenvalue weighted by atomic mass is 19.1. The highest BCUT2D eigenvalue weighted by Gasteiger charge is 2.22. The van der Waals surface area contributed by atoms with Crippen LogP contribution in [0.3, 0.4) is 0 Å². The number of aliphatic carboxylic acids is 1. The molecular weight excluding hydrogens is 261 g/mol. The van der Waals surface area contributed by atoms with Gasteiger partial charge in [0.1, 0.15) is 12.4 Å². The fraction of sp³-hybridized carbons (Fsp3) is 0.0667. The van der Waals surface area contributed by atoms with Crippen molar-refractivity contribution in [1.29, 1.82) is 0 Å². The fourth-order valence-corrected chi connectivity index (χ4v) is 1.81. The van der Waals surface area contributed by atoms with Gasteiger partial charge in [0.25, 0.3) is 5.91 Å². The third-order valence-electron chi connectivity index (χ3n) is 2.70. The second kappa shape index (κ2) is 5.97. The van der Waals surface area contributed by atoms with Gasteiger partial charge in [0.15, 0.2) is 0 Å². The fourth-order valence-electron chi connectivity index (χ4n) is 1.81. The molecule has 0 fully saturated rings. The summed E-state index contributed by atoms with van der Waals surface area (Å²) in [4.78, 5) is 24.2. The lowest BCUT2D eigenvalue weighted by molar-refractivity contribution is -0.135. The number of hydrogen-bond acceptors (Lipinski definition) is 2. The minimum atomic E-state index is -1.21. The predicted molar refractivity (Wildman–Crippen MR) is 72.2 cm³/mol. The Balaban J connectivity index is 2.41. The van der Waals surface area contributed by atoms with Crippen LogP contribution in [0.4, 0.5) is 10.1 Å². The van der Waals surface area contributed by atoms with Crippen LogP contribution in [-0.2, 0) is 4.79 Å². The van der Waals surface area contributed by atoms with Gasteiger partial charge in [-0.3, -0.25) is 14.5 Å². The van der Waals surface area contributed by atoms with Crippen LogP contribution in [0.25, 0.3) is 0 Å². The first-order valence-corrected chi connectivity index (χ1v) is 5.93. The van der Waals surface area contributed by atoms with E-state index in [-0.39, 0.29) is 5.69 Å². The molecule has 0 saturated heterocycles. The highest BCUT2D eigenvalue weighted by Crippen LogP contribution is 2.20. The van der Waals surface area contributed by atoms with Gasteiger partial charge >= 0.3 is 5.97 Å². The lowest BCUT2D eigenvalue weighted by Gasteiger charge is -2.21. The molecule has 0 aromatic heterocycles. The minimum absolute atomic E-state index is 0.0521. The molecule has 0 bridgehead atoms. The Labute approximate surface area is 115 Å². The topological polar surface area (TPSA) is 57.6 Å². The molecule has 0 aliphatic rings. The number of carbonyl (C=O) groups is 2. The smallest absolute Gasteiger partial charge is 0.323 e. The maximum absolute atomic E-state index is 13.8. The van der Waals surface area contributed by atoms with Crippen LogP contribution < -0.4 is 4.90 Å². The molecule has 0 aliphatic carbocycles. The Morgan fingerprint density at radius 1 is 1.00 bits per heavy atom. The molecule has 0 saturated carbocycles. The van der Waals surface area contributed by atoms with E-state index < -0.39 is 24.2 Å². The molecule has 2 aromatic rings. The molecule has 0 unspecified atom stereocenters. The highest BCUT2D eigenvalue weighted by molar-refractivity contribution is 6.08. The third kappa shape index (κ3) is 3.00. The summed E-state index contributed by atoms with van der Waals surface area (Å²) < 4.78 is 13.8. The van der Waals surface area contributed by atoms with Crippen molar-refractivity contribution in [2.75, 3.05) is 11.4 Å². The van der Waals surface area contributed by atoms with Crippen LogP contribution in [0.1, 0.15) is 10.4 Å². The van der Waals surface area contributed by atoms with E-state index in [2.05, 4.69) is 0 Å². The van der Waals surface area contributed by atoms with Crippen LogP contribution in [0, 0.1) is 5.82 Å². The maximum Gasteiger partial charge on any atom is 0.323 e. The lowest BCUT2D eigenvalue weighted by Crippen LogP contribution is -2.36. The molecule has 1 amide bonds. The van der Waals surface area contributed by atoms with Crippen molar-refractivity contribution >= 4 is 17.6 Å². The monoisotopic (exact) mass is 273 g/mol. The molecule has 2 rings (SSSR count). The SMILES string of the molecule is O=C(O)CN(C(=O)c1ccccc1)c1ccccc1F. The molecule has 0 heterocycles. The number of hydrogen-bond donors (Lipinski definition) is 1. The molecule has 1 N–H and O–H groups in total. The summed E-state index contributed by atoms with van der Waals surface area (Å²) in [5, 5.41) is 8.92. The van der Waals surface area contributed by atoms with E-state index in [0.717, 1.165) is 4.90 Å². The molecule has 0 atom stereocenters. The number of carbonyl (C=O) groups excluding carboxylic acids is 1. The first kappa shape index (κ1) is 13.7. The zero-order chi connectivity index (χ0) is 14.5. The summed E-state index contributed by atoms with van der Waals surface area (Å²) in [6, 6.07) is 13.7. The molecular formula is C15H12FNO3. The second-order valence-corrected chi connectivity index (χ2v) is 4.10. The molecule has 0 aliphatic heterocycles. The minimum Gasteiger partial charge on any atom is -0.480 e. The van der Waals surface area contributed by atoms with Crippen molar-refractivity contribution in [3.63, 3.8) is 0 Å².